The van der Waals surface area contributed by atoms with Gasteiger partial charge in [-0.3, -0.25) is 9.59 Å². The maximum Gasteiger partial charge on any atom is 0.306 e. The van der Waals surface area contributed by atoms with E-state index in [2.05, 4.69) is 142 Å². The summed E-state index contributed by atoms with van der Waals surface area (Å²) < 4.78 is 17.3. The van der Waals surface area contributed by atoms with E-state index in [1.165, 1.54) is 25.7 Å². The molecule has 0 heterocycles. The predicted octanol–water partition coefficient (Wildman–Crippen LogP) is 17.0. The van der Waals surface area contributed by atoms with Crippen molar-refractivity contribution in [3.8, 4) is 0 Å². The Hall–Kier alpha value is -3.70. The van der Waals surface area contributed by atoms with Gasteiger partial charge in [-0.2, -0.15) is 0 Å². The number of esters is 2. The molecule has 350 valence electrons. The quantitative estimate of drug-likeness (QED) is 0.0347. The number of hydrogen-bond donors (Lipinski definition) is 0. The fraction of sp³-hybridized carbons (Fsp3) is 0.614. The minimum absolute atomic E-state index is 0.0451. The molecule has 0 aromatic rings. The molecule has 0 aromatic carbocycles. The molecule has 0 saturated carbocycles. The Morgan fingerprint density at radius 3 is 1.18 bits per heavy atom. The van der Waals surface area contributed by atoms with E-state index in [1.54, 1.807) is 0 Å². The van der Waals surface area contributed by atoms with Crippen LogP contribution in [-0.4, -0.2) is 37.9 Å². The summed E-state index contributed by atoms with van der Waals surface area (Å²) in [5, 5.41) is 0. The number of carbonyl (C=O) groups is 2. The van der Waals surface area contributed by atoms with Gasteiger partial charge in [0.25, 0.3) is 0 Å². The second-order valence-electron chi connectivity index (χ2n) is 15.9. The molecule has 0 N–H and O–H groups in total. The zero-order valence-electron chi connectivity index (χ0n) is 40.1. The van der Waals surface area contributed by atoms with E-state index < -0.39 is 6.10 Å². The van der Waals surface area contributed by atoms with E-state index in [4.69, 9.17) is 14.2 Å². The average Bonchev–Trinajstić information content (AvgIpc) is 3.27. The van der Waals surface area contributed by atoms with Crippen molar-refractivity contribution in [2.45, 2.75) is 207 Å². The van der Waals surface area contributed by atoms with Crippen LogP contribution in [0.4, 0.5) is 0 Å². The first kappa shape index (κ1) is 58.3. The highest BCUT2D eigenvalue weighted by molar-refractivity contribution is 5.70. The summed E-state index contributed by atoms with van der Waals surface area (Å²) in [5.74, 6) is -0.474. The maximum absolute atomic E-state index is 12.8. The first-order valence-electron chi connectivity index (χ1n) is 25.1. The van der Waals surface area contributed by atoms with Gasteiger partial charge in [0.2, 0.25) is 0 Å². The van der Waals surface area contributed by atoms with Gasteiger partial charge in [0, 0.05) is 19.4 Å². The number of allylic oxidation sites excluding steroid dienone is 20. The van der Waals surface area contributed by atoms with Crippen molar-refractivity contribution < 1.29 is 23.8 Å². The number of ether oxygens (including phenoxy) is 3. The molecule has 0 aliphatic carbocycles. The number of carbonyl (C=O) groups excluding carboxylic acids is 2. The van der Waals surface area contributed by atoms with Crippen LogP contribution in [0.3, 0.4) is 0 Å². The summed E-state index contributed by atoms with van der Waals surface area (Å²) in [7, 11) is 0. The Labute approximate surface area is 382 Å². The third-order valence-corrected chi connectivity index (χ3v) is 9.94. The van der Waals surface area contributed by atoms with Crippen molar-refractivity contribution >= 4 is 11.9 Å². The zero-order chi connectivity index (χ0) is 44.9. The maximum atomic E-state index is 12.8. The van der Waals surface area contributed by atoms with Crippen molar-refractivity contribution in [2.75, 3.05) is 19.8 Å². The van der Waals surface area contributed by atoms with Crippen LogP contribution >= 0.6 is 0 Å². The van der Waals surface area contributed by atoms with Gasteiger partial charge in [-0.25, -0.2) is 0 Å². The molecule has 0 aliphatic heterocycles. The van der Waals surface area contributed by atoms with E-state index in [1.807, 2.05) is 0 Å². The van der Waals surface area contributed by atoms with Crippen molar-refractivity contribution in [1.29, 1.82) is 0 Å². The lowest BCUT2D eigenvalue weighted by atomic mass is 10.1. The monoisotopic (exact) mass is 857 g/mol. The van der Waals surface area contributed by atoms with Crippen molar-refractivity contribution in [1.82, 2.24) is 0 Å². The SMILES string of the molecule is CC/C=C\C/C=C\C/C=C\C/C=C\C/C=C\CCCCCC(=O)OCC(COCCCCCC/C=C\C/C=C\C/C=C\CC)OC(=O)CCCCCCC/C=C\C/C=C\CCC. The van der Waals surface area contributed by atoms with Crippen molar-refractivity contribution in [3.63, 3.8) is 0 Å². The zero-order valence-corrected chi connectivity index (χ0v) is 40.1. The molecule has 5 heteroatoms. The van der Waals surface area contributed by atoms with Gasteiger partial charge in [-0.1, -0.05) is 187 Å². The summed E-state index contributed by atoms with van der Waals surface area (Å²) in [5.41, 5.74) is 0. The van der Waals surface area contributed by atoms with Crippen LogP contribution in [0.25, 0.3) is 0 Å². The second kappa shape index (κ2) is 51.6. The number of hydrogen-bond acceptors (Lipinski definition) is 5. The molecule has 0 bridgehead atoms. The van der Waals surface area contributed by atoms with Crippen molar-refractivity contribution in [3.05, 3.63) is 122 Å². The highest BCUT2D eigenvalue weighted by atomic mass is 16.6. The fourth-order valence-electron chi connectivity index (χ4n) is 6.29. The summed E-state index contributed by atoms with van der Waals surface area (Å²) in [6.45, 7) is 7.42. The minimum atomic E-state index is -0.577. The van der Waals surface area contributed by atoms with E-state index >= 15 is 0 Å². The van der Waals surface area contributed by atoms with Crippen LogP contribution in [0.1, 0.15) is 201 Å². The third-order valence-electron chi connectivity index (χ3n) is 9.94. The van der Waals surface area contributed by atoms with Gasteiger partial charge in [0.1, 0.15) is 6.61 Å². The summed E-state index contributed by atoms with van der Waals surface area (Å²) >= 11 is 0. The van der Waals surface area contributed by atoms with Crippen LogP contribution in [0.5, 0.6) is 0 Å². The second-order valence-corrected chi connectivity index (χ2v) is 15.9. The Morgan fingerprint density at radius 2 is 0.726 bits per heavy atom. The first-order valence-corrected chi connectivity index (χ1v) is 25.1. The average molecular weight is 857 g/mol. The molecule has 0 rings (SSSR count). The smallest absolute Gasteiger partial charge is 0.306 e. The van der Waals surface area contributed by atoms with Crippen LogP contribution in [-0.2, 0) is 23.8 Å². The molecule has 0 radical (unpaired) electrons. The lowest BCUT2D eigenvalue weighted by Gasteiger charge is -2.18. The molecule has 62 heavy (non-hydrogen) atoms. The molecule has 1 atom stereocenters. The Kier molecular flexibility index (Phi) is 48.6. The Balaban J connectivity index is 4.40. The molecular weight excluding hydrogens is 765 g/mol. The first-order chi connectivity index (χ1) is 30.6. The highest BCUT2D eigenvalue weighted by Crippen LogP contribution is 2.12. The van der Waals surface area contributed by atoms with Gasteiger partial charge in [0.15, 0.2) is 6.10 Å². The molecule has 0 saturated heterocycles. The largest absolute Gasteiger partial charge is 0.462 e. The molecule has 0 spiro atoms. The molecule has 1 unspecified atom stereocenters. The molecular formula is C57H92O5. The molecule has 0 amide bonds. The fourth-order valence-corrected chi connectivity index (χ4v) is 6.29. The molecule has 0 aliphatic rings. The molecule has 5 nitrogen and oxygen atoms in total. The van der Waals surface area contributed by atoms with Gasteiger partial charge < -0.3 is 14.2 Å². The van der Waals surface area contributed by atoms with E-state index in [0.29, 0.717) is 19.4 Å². The third kappa shape index (κ3) is 49.0. The summed E-state index contributed by atoms with van der Waals surface area (Å²) in [6.07, 6.45) is 72.0. The Morgan fingerprint density at radius 1 is 0.371 bits per heavy atom. The number of rotatable bonds is 44. The van der Waals surface area contributed by atoms with Gasteiger partial charge >= 0.3 is 11.9 Å². The van der Waals surface area contributed by atoms with Gasteiger partial charge in [-0.15, -0.1) is 0 Å². The normalized spacial score (nSPS) is 13.3. The number of unbranched alkanes of at least 4 members (excludes halogenated alkanes) is 13. The van der Waals surface area contributed by atoms with E-state index in [-0.39, 0.29) is 25.2 Å². The molecule has 0 fully saturated rings. The van der Waals surface area contributed by atoms with E-state index in [9.17, 15) is 9.59 Å². The topological polar surface area (TPSA) is 61.8 Å². The standard InChI is InChI=1S/C57H92O5/c1-4-7-10-13-16-19-22-25-27-28-29-30-31-33-35-38-41-44-47-50-56(58)61-54-55(53-60-52-49-46-43-40-37-34-26-23-20-17-14-11-8-5-2)62-57(59)51-48-45-42-39-36-32-24-21-18-15-12-9-6-3/h7-8,10-12,15-17,19-21,24-27,29-30,33-35,55H,4-6,9,13-14,18,22-23,28,31-32,36-54H2,1-3H3/b10-7-,11-8-,15-12-,19-16-,20-17-,24-21-,27-25-,30-29-,34-26-,35-33-. The van der Waals surface area contributed by atoms with Crippen LogP contribution in [0, 0.1) is 0 Å². The summed E-state index contributed by atoms with van der Waals surface area (Å²) in [6, 6.07) is 0. The minimum Gasteiger partial charge on any atom is -0.462 e. The van der Waals surface area contributed by atoms with Crippen molar-refractivity contribution in [2.24, 2.45) is 0 Å². The predicted molar refractivity (Wildman–Crippen MR) is 269 cm³/mol. The highest BCUT2D eigenvalue weighted by Gasteiger charge is 2.17. The Bertz CT molecular complexity index is 1290. The van der Waals surface area contributed by atoms with Crippen LogP contribution < -0.4 is 0 Å². The summed E-state index contributed by atoms with van der Waals surface area (Å²) in [4.78, 5) is 25.4. The van der Waals surface area contributed by atoms with Gasteiger partial charge in [-0.05, 0) is 122 Å². The molecule has 0 aromatic heterocycles. The lowest BCUT2D eigenvalue weighted by molar-refractivity contribution is -0.163. The van der Waals surface area contributed by atoms with Crippen LogP contribution in [0.2, 0.25) is 0 Å². The lowest BCUT2D eigenvalue weighted by Crippen LogP contribution is -2.30. The van der Waals surface area contributed by atoms with Crippen LogP contribution in [0.15, 0.2) is 122 Å². The van der Waals surface area contributed by atoms with E-state index in [0.717, 1.165) is 141 Å². The van der Waals surface area contributed by atoms with Gasteiger partial charge in [0.05, 0.1) is 6.61 Å².